The third-order valence-electron chi connectivity index (χ3n) is 1.96. The van der Waals surface area contributed by atoms with Crippen LogP contribution in [0.15, 0.2) is 29.4 Å². The van der Waals surface area contributed by atoms with Crippen molar-refractivity contribution in [1.82, 2.24) is 0 Å². The van der Waals surface area contributed by atoms with Gasteiger partial charge in [0.2, 0.25) is 0 Å². The number of carbonyl (C=O) groups excluding carboxylic acids is 1. The van der Waals surface area contributed by atoms with Crippen LogP contribution in [-0.2, 0) is 9.63 Å². The van der Waals surface area contributed by atoms with Gasteiger partial charge >= 0.3 is 12.6 Å². The fourth-order valence-electron chi connectivity index (χ4n) is 1.31. The van der Waals surface area contributed by atoms with Gasteiger partial charge in [-0.1, -0.05) is 17.3 Å². The van der Waals surface area contributed by atoms with E-state index < -0.39 is 12.6 Å². The fourth-order valence-corrected chi connectivity index (χ4v) is 1.31. The highest BCUT2D eigenvalue weighted by molar-refractivity contribution is 6.11. The summed E-state index contributed by atoms with van der Waals surface area (Å²) >= 11 is 0. The third-order valence-corrected chi connectivity index (χ3v) is 1.96. The van der Waals surface area contributed by atoms with Crippen molar-refractivity contribution in [1.29, 1.82) is 0 Å². The highest BCUT2D eigenvalue weighted by atomic mass is 19.3. The SMILES string of the molecule is O=C1CC(c2cccc(OC(F)F)c2)=NO1. The highest BCUT2D eigenvalue weighted by Gasteiger charge is 2.19. The Labute approximate surface area is 89.5 Å². The lowest BCUT2D eigenvalue weighted by Crippen LogP contribution is -2.04. The van der Waals surface area contributed by atoms with Gasteiger partial charge in [0.15, 0.2) is 0 Å². The predicted molar refractivity (Wildman–Crippen MR) is 50.3 cm³/mol. The second-order valence-electron chi connectivity index (χ2n) is 3.08. The zero-order valence-electron chi connectivity index (χ0n) is 8.02. The lowest BCUT2D eigenvalue weighted by atomic mass is 10.1. The maximum absolute atomic E-state index is 12.0. The smallest absolute Gasteiger partial charge is 0.387 e. The summed E-state index contributed by atoms with van der Waals surface area (Å²) in [5.74, 6) is -0.440. The van der Waals surface area contributed by atoms with Crippen LogP contribution in [0.25, 0.3) is 0 Å². The Bertz CT molecular complexity index is 445. The molecule has 1 aliphatic rings. The number of ether oxygens (including phenoxy) is 1. The predicted octanol–water partition coefficient (Wildman–Crippen LogP) is 1.94. The molecule has 0 spiro atoms. The van der Waals surface area contributed by atoms with Crippen molar-refractivity contribution in [3.05, 3.63) is 29.8 Å². The Balaban J connectivity index is 2.19. The highest BCUT2D eigenvalue weighted by Crippen LogP contribution is 2.19. The molecule has 0 bridgehead atoms. The van der Waals surface area contributed by atoms with Crippen molar-refractivity contribution in [2.24, 2.45) is 5.16 Å². The minimum Gasteiger partial charge on any atom is -0.435 e. The fraction of sp³-hybridized carbons (Fsp3) is 0.200. The van der Waals surface area contributed by atoms with Gasteiger partial charge < -0.3 is 9.57 Å². The summed E-state index contributed by atoms with van der Waals surface area (Å²) in [5.41, 5.74) is 0.939. The monoisotopic (exact) mass is 227 g/mol. The average molecular weight is 227 g/mol. The molecule has 0 radical (unpaired) electrons. The number of halogens is 2. The minimum absolute atomic E-state index is 0.0227. The van der Waals surface area contributed by atoms with Crippen LogP contribution in [0.1, 0.15) is 12.0 Å². The topological polar surface area (TPSA) is 47.9 Å². The number of carbonyl (C=O) groups is 1. The van der Waals surface area contributed by atoms with Crippen LogP contribution in [-0.4, -0.2) is 18.3 Å². The molecule has 0 fully saturated rings. The first kappa shape index (κ1) is 10.5. The number of benzene rings is 1. The van der Waals surface area contributed by atoms with Crippen LogP contribution < -0.4 is 4.74 Å². The van der Waals surface area contributed by atoms with Gasteiger partial charge in [-0.05, 0) is 12.1 Å². The molecular formula is C10H7F2NO3. The summed E-state index contributed by atoms with van der Waals surface area (Å²) in [6, 6.07) is 5.96. The average Bonchev–Trinajstić information content (AvgIpc) is 2.64. The lowest BCUT2D eigenvalue weighted by Gasteiger charge is -2.05. The third kappa shape index (κ3) is 2.33. The lowest BCUT2D eigenvalue weighted by molar-refractivity contribution is -0.140. The Kier molecular flexibility index (Phi) is 2.80. The van der Waals surface area contributed by atoms with Crippen molar-refractivity contribution in [2.45, 2.75) is 13.0 Å². The first-order valence-corrected chi connectivity index (χ1v) is 4.47. The molecule has 0 atom stereocenters. The summed E-state index contributed by atoms with van der Waals surface area (Å²) < 4.78 is 28.1. The molecule has 84 valence electrons. The molecule has 0 saturated heterocycles. The Hall–Kier alpha value is -1.98. The van der Waals surface area contributed by atoms with Crippen molar-refractivity contribution >= 4 is 11.7 Å². The zero-order valence-corrected chi connectivity index (χ0v) is 8.02. The summed E-state index contributed by atoms with van der Waals surface area (Å²) in [5, 5.41) is 3.53. The molecule has 0 aromatic heterocycles. The van der Waals surface area contributed by atoms with E-state index in [0.717, 1.165) is 0 Å². The van der Waals surface area contributed by atoms with E-state index in [9.17, 15) is 13.6 Å². The van der Waals surface area contributed by atoms with Crippen molar-refractivity contribution in [3.63, 3.8) is 0 Å². The molecule has 1 heterocycles. The normalized spacial score (nSPS) is 14.9. The van der Waals surface area contributed by atoms with Crippen molar-refractivity contribution < 1.29 is 23.1 Å². The van der Waals surface area contributed by atoms with E-state index in [-0.39, 0.29) is 12.2 Å². The van der Waals surface area contributed by atoms with Crippen LogP contribution in [0.4, 0.5) is 8.78 Å². The summed E-state index contributed by atoms with van der Waals surface area (Å²) in [6.45, 7) is -2.88. The molecule has 4 nitrogen and oxygen atoms in total. The number of hydrogen-bond acceptors (Lipinski definition) is 4. The summed E-state index contributed by atoms with van der Waals surface area (Å²) in [6.07, 6.45) is 0.0398. The maximum atomic E-state index is 12.0. The van der Waals surface area contributed by atoms with E-state index >= 15 is 0 Å². The largest absolute Gasteiger partial charge is 0.435 e. The second-order valence-corrected chi connectivity index (χ2v) is 3.08. The van der Waals surface area contributed by atoms with E-state index in [1.165, 1.54) is 12.1 Å². The van der Waals surface area contributed by atoms with E-state index in [1.54, 1.807) is 12.1 Å². The molecule has 0 N–H and O–H groups in total. The molecule has 0 unspecified atom stereocenters. The molecular weight excluding hydrogens is 220 g/mol. The van der Waals surface area contributed by atoms with Gasteiger partial charge in [0.05, 0.1) is 12.1 Å². The summed E-state index contributed by atoms with van der Waals surface area (Å²) in [7, 11) is 0. The number of nitrogens with zero attached hydrogens (tertiary/aromatic N) is 1. The number of rotatable bonds is 3. The van der Waals surface area contributed by atoms with Crippen LogP contribution in [0, 0.1) is 0 Å². The molecule has 1 aromatic carbocycles. The standard InChI is InChI=1S/C10H7F2NO3/c11-10(12)15-7-3-1-2-6(4-7)8-5-9(14)16-13-8/h1-4,10H,5H2. The van der Waals surface area contributed by atoms with E-state index in [0.29, 0.717) is 11.3 Å². The van der Waals surface area contributed by atoms with E-state index in [1.807, 2.05) is 0 Å². The van der Waals surface area contributed by atoms with Crippen LogP contribution in [0.3, 0.4) is 0 Å². The van der Waals surface area contributed by atoms with Crippen molar-refractivity contribution in [2.75, 3.05) is 0 Å². The molecule has 0 saturated carbocycles. The van der Waals surface area contributed by atoms with Crippen LogP contribution in [0.2, 0.25) is 0 Å². The van der Waals surface area contributed by atoms with Crippen LogP contribution in [0.5, 0.6) is 5.75 Å². The number of oxime groups is 1. The van der Waals surface area contributed by atoms with E-state index in [4.69, 9.17) is 0 Å². The van der Waals surface area contributed by atoms with Gasteiger partial charge in [-0.25, -0.2) is 4.79 Å². The molecule has 1 aliphatic heterocycles. The minimum atomic E-state index is -2.88. The molecule has 2 rings (SSSR count). The number of alkyl halides is 2. The Morgan fingerprint density at radius 1 is 1.44 bits per heavy atom. The number of hydrogen-bond donors (Lipinski definition) is 0. The quantitative estimate of drug-likeness (QED) is 0.741. The molecule has 16 heavy (non-hydrogen) atoms. The second kappa shape index (κ2) is 4.26. The molecule has 6 heteroatoms. The van der Waals surface area contributed by atoms with Gasteiger partial charge in [-0.3, -0.25) is 0 Å². The first-order chi connectivity index (χ1) is 7.65. The van der Waals surface area contributed by atoms with Gasteiger partial charge in [0.1, 0.15) is 5.75 Å². The van der Waals surface area contributed by atoms with Crippen LogP contribution >= 0.6 is 0 Å². The first-order valence-electron chi connectivity index (χ1n) is 4.47. The molecule has 0 aliphatic carbocycles. The van der Waals surface area contributed by atoms with Gasteiger partial charge in [-0.2, -0.15) is 8.78 Å². The molecule has 0 amide bonds. The van der Waals surface area contributed by atoms with Gasteiger partial charge in [0.25, 0.3) is 0 Å². The molecule has 1 aromatic rings. The van der Waals surface area contributed by atoms with Crippen molar-refractivity contribution in [3.8, 4) is 5.75 Å². The Morgan fingerprint density at radius 2 is 2.25 bits per heavy atom. The summed E-state index contributed by atoms with van der Waals surface area (Å²) in [4.78, 5) is 15.2. The van der Waals surface area contributed by atoms with Gasteiger partial charge in [0, 0.05) is 5.56 Å². The Morgan fingerprint density at radius 3 is 2.88 bits per heavy atom. The van der Waals surface area contributed by atoms with E-state index in [2.05, 4.69) is 14.7 Å². The maximum Gasteiger partial charge on any atom is 0.387 e. The zero-order chi connectivity index (χ0) is 11.5. The van der Waals surface area contributed by atoms with Gasteiger partial charge in [-0.15, -0.1) is 0 Å².